The molecule has 0 aliphatic heterocycles. The number of nitrogens with zero attached hydrogens (tertiary/aromatic N) is 3. The number of hydrogen-bond acceptors (Lipinski definition) is 3. The molecule has 0 fully saturated rings. The van der Waals surface area contributed by atoms with Gasteiger partial charge in [-0.3, -0.25) is 14.4 Å². The monoisotopic (exact) mass is 1020 g/mol. The third kappa shape index (κ3) is 9.92. The first-order chi connectivity index (χ1) is 24.0. The average molecular weight is 1020 g/mol. The maximum absolute atomic E-state index is 14.6. The molecule has 0 saturated carbocycles. The number of aryl methyl sites for hydroxylation is 3. The Bertz CT molecular complexity index is 1910. The molecule has 0 atom stereocenters. The van der Waals surface area contributed by atoms with Crippen molar-refractivity contribution in [3.05, 3.63) is 117 Å². The number of benzene rings is 4. The van der Waals surface area contributed by atoms with Crippen molar-refractivity contribution >= 4 is 103 Å². The third-order valence-corrected chi connectivity index (χ3v) is 11.6. The van der Waals surface area contributed by atoms with E-state index >= 15 is 0 Å². The van der Waals surface area contributed by atoms with Gasteiger partial charge in [0.15, 0.2) is 0 Å². The van der Waals surface area contributed by atoms with Gasteiger partial charge in [-0.1, -0.05) is 71.9 Å². The van der Waals surface area contributed by atoms with Gasteiger partial charge in [0.2, 0.25) is 0 Å². The van der Waals surface area contributed by atoms with E-state index in [1.165, 1.54) is 0 Å². The number of amides is 3. The van der Waals surface area contributed by atoms with Crippen molar-refractivity contribution in [2.45, 2.75) is 62.3 Å². The zero-order valence-corrected chi connectivity index (χ0v) is 37.5. The molecule has 0 aliphatic rings. The molecule has 0 aliphatic carbocycles. The molecule has 4 aromatic rings. The lowest BCUT2D eigenvalue weighted by Crippen LogP contribution is -2.37. The smallest absolute Gasteiger partial charge is 0.258 e. The summed E-state index contributed by atoms with van der Waals surface area (Å²) in [5.41, 5.74) is 7.08. The van der Waals surface area contributed by atoms with E-state index in [1.54, 1.807) is 0 Å². The molecule has 0 spiro atoms. The molecule has 4 aromatic carbocycles. The summed E-state index contributed by atoms with van der Waals surface area (Å²) in [4.78, 5) is 48.2. The highest BCUT2D eigenvalue weighted by Crippen LogP contribution is 2.34. The van der Waals surface area contributed by atoms with E-state index in [9.17, 15) is 14.4 Å². The first-order valence-corrected chi connectivity index (χ1v) is 20.6. The van der Waals surface area contributed by atoms with Crippen LogP contribution in [0.5, 0.6) is 0 Å². The Morgan fingerprint density at radius 2 is 0.922 bits per heavy atom. The molecule has 0 N–H and O–H groups in total. The first kappa shape index (κ1) is 41.2. The summed E-state index contributed by atoms with van der Waals surface area (Å²) in [5.74, 6) is 0.491. The molecule has 9 heteroatoms. The van der Waals surface area contributed by atoms with Crippen LogP contribution in [0.2, 0.25) is 0 Å². The van der Waals surface area contributed by atoms with Gasteiger partial charge in [0.1, 0.15) is 0 Å². The summed E-state index contributed by atoms with van der Waals surface area (Å²) < 4.78 is 2.73. The van der Waals surface area contributed by atoms with Crippen molar-refractivity contribution in [2.24, 2.45) is 17.8 Å². The molecule has 0 saturated heterocycles. The fourth-order valence-electron chi connectivity index (χ4n) is 6.04. The second-order valence-corrected chi connectivity index (χ2v) is 17.8. The number of carbonyl (C=O) groups is 3. The SMILES string of the molecule is Cc1cc(N(CC(C)C)C(=O)c2ccccc2)c(I)cc1C(=O)N(CC(C)C)c1cc(C)c(C(=O)N(CC(C)C)c2cccc(C)c2I)cc1I. The Hall–Kier alpha value is -2.52. The van der Waals surface area contributed by atoms with Crippen LogP contribution in [0.25, 0.3) is 0 Å². The molecule has 4 rings (SSSR count). The first-order valence-electron chi connectivity index (χ1n) is 17.4. The van der Waals surface area contributed by atoms with Gasteiger partial charge in [-0.15, -0.1) is 0 Å². The molecule has 0 radical (unpaired) electrons. The molecule has 3 amide bonds. The number of anilines is 3. The standard InChI is InChI=1S/C42H48I3N3O3/c1-25(2)22-46(36-17-13-14-28(7)39(36)45)41(50)32-20-35(44)38(19-30(32)9)48(24-27(5)6)42(51)33-21-34(43)37(18-29(33)8)47(23-26(3)4)40(49)31-15-11-10-12-16-31/h10-21,25-27H,22-24H2,1-9H3. The van der Waals surface area contributed by atoms with Crippen molar-refractivity contribution in [3.8, 4) is 0 Å². The largest absolute Gasteiger partial charge is 0.307 e. The van der Waals surface area contributed by atoms with Gasteiger partial charge in [-0.25, -0.2) is 0 Å². The van der Waals surface area contributed by atoms with E-state index in [4.69, 9.17) is 0 Å². The van der Waals surface area contributed by atoms with Gasteiger partial charge < -0.3 is 14.7 Å². The summed E-state index contributed by atoms with van der Waals surface area (Å²) in [6.07, 6.45) is 0. The van der Waals surface area contributed by atoms with Crippen LogP contribution in [-0.4, -0.2) is 37.4 Å². The maximum atomic E-state index is 14.6. The summed E-state index contributed by atoms with van der Waals surface area (Å²) in [6.45, 7) is 20.2. The zero-order valence-electron chi connectivity index (χ0n) is 31.0. The molecule has 270 valence electrons. The van der Waals surface area contributed by atoms with Crippen LogP contribution in [0, 0.1) is 49.2 Å². The Morgan fingerprint density at radius 3 is 1.35 bits per heavy atom. The number of rotatable bonds is 12. The summed E-state index contributed by atoms with van der Waals surface area (Å²) >= 11 is 6.85. The lowest BCUT2D eigenvalue weighted by Gasteiger charge is -2.30. The fourth-order valence-corrected chi connectivity index (χ4v) is 8.21. The molecule has 6 nitrogen and oxygen atoms in total. The Morgan fingerprint density at radius 1 is 0.510 bits per heavy atom. The number of hydrogen-bond donors (Lipinski definition) is 0. The molecular weight excluding hydrogens is 975 g/mol. The normalized spacial score (nSPS) is 11.4. The van der Waals surface area contributed by atoms with Gasteiger partial charge in [-0.2, -0.15) is 0 Å². The lowest BCUT2D eigenvalue weighted by molar-refractivity contribution is 0.0975. The molecule has 0 bridgehead atoms. The van der Waals surface area contributed by atoms with Gasteiger partial charge >= 0.3 is 0 Å². The van der Waals surface area contributed by atoms with E-state index in [0.717, 1.165) is 44.5 Å². The highest BCUT2D eigenvalue weighted by molar-refractivity contribution is 14.1. The Kier molecular flexibility index (Phi) is 14.6. The quantitative estimate of drug-likeness (QED) is 0.133. The predicted molar refractivity (Wildman–Crippen MR) is 238 cm³/mol. The fraction of sp³-hybridized carbons (Fsp3) is 0.357. The number of halogens is 3. The van der Waals surface area contributed by atoms with Crippen molar-refractivity contribution < 1.29 is 14.4 Å². The average Bonchev–Trinajstić information content (AvgIpc) is 3.07. The van der Waals surface area contributed by atoms with Crippen molar-refractivity contribution in [3.63, 3.8) is 0 Å². The highest BCUT2D eigenvalue weighted by Gasteiger charge is 2.29. The van der Waals surface area contributed by atoms with Crippen LogP contribution in [0.4, 0.5) is 17.1 Å². The van der Waals surface area contributed by atoms with Crippen molar-refractivity contribution in [1.82, 2.24) is 0 Å². The van der Waals surface area contributed by atoms with E-state index in [-0.39, 0.29) is 35.5 Å². The van der Waals surface area contributed by atoms with Crippen molar-refractivity contribution in [1.29, 1.82) is 0 Å². The minimum Gasteiger partial charge on any atom is -0.307 e. The topological polar surface area (TPSA) is 60.9 Å². The molecule has 0 aromatic heterocycles. The maximum Gasteiger partial charge on any atom is 0.258 e. The summed E-state index contributed by atoms with van der Waals surface area (Å²) in [7, 11) is 0. The Balaban J connectivity index is 1.75. The molecule has 0 unspecified atom stereocenters. The highest BCUT2D eigenvalue weighted by atomic mass is 127. The van der Waals surface area contributed by atoms with Crippen LogP contribution < -0.4 is 14.7 Å². The van der Waals surface area contributed by atoms with Crippen LogP contribution in [0.15, 0.2) is 72.8 Å². The van der Waals surface area contributed by atoms with Crippen LogP contribution in [-0.2, 0) is 0 Å². The van der Waals surface area contributed by atoms with E-state index in [0.29, 0.717) is 36.3 Å². The molecule has 51 heavy (non-hydrogen) atoms. The zero-order chi connectivity index (χ0) is 37.7. The minimum atomic E-state index is -0.109. The van der Waals surface area contributed by atoms with E-state index in [1.807, 2.05) is 95.3 Å². The van der Waals surface area contributed by atoms with Gasteiger partial charge in [0.05, 0.1) is 17.1 Å². The third-order valence-electron chi connectivity index (χ3n) is 8.49. The van der Waals surface area contributed by atoms with Gasteiger partial charge in [0.25, 0.3) is 17.7 Å². The van der Waals surface area contributed by atoms with E-state index in [2.05, 4.69) is 122 Å². The van der Waals surface area contributed by atoms with Gasteiger partial charge in [-0.05, 0) is 165 Å². The van der Waals surface area contributed by atoms with Crippen LogP contribution in [0.1, 0.15) is 89.3 Å². The minimum absolute atomic E-state index is 0.0482. The second kappa shape index (κ2) is 18.0. The number of carbonyl (C=O) groups excluding carboxylic acids is 3. The van der Waals surface area contributed by atoms with E-state index < -0.39 is 0 Å². The summed E-state index contributed by atoms with van der Waals surface area (Å²) in [6, 6.07) is 23.2. The Labute approximate surface area is 345 Å². The second-order valence-electron chi connectivity index (χ2n) is 14.4. The predicted octanol–water partition coefficient (Wildman–Crippen LogP) is 11.3. The van der Waals surface area contributed by atoms with Gasteiger partial charge in [0, 0.05) is 47.0 Å². The molecular formula is C42H48I3N3O3. The van der Waals surface area contributed by atoms with Crippen LogP contribution in [0.3, 0.4) is 0 Å². The van der Waals surface area contributed by atoms with Crippen molar-refractivity contribution in [2.75, 3.05) is 34.3 Å². The van der Waals surface area contributed by atoms with Crippen LogP contribution >= 0.6 is 67.8 Å². The summed E-state index contributed by atoms with van der Waals surface area (Å²) in [5, 5.41) is 0. The molecule has 0 heterocycles. The lowest BCUT2D eigenvalue weighted by atomic mass is 10.0.